The third-order valence-corrected chi connectivity index (χ3v) is 7.60. The first kappa shape index (κ1) is 33.3. The van der Waals surface area contributed by atoms with E-state index in [1.165, 1.54) is 11.0 Å². The van der Waals surface area contributed by atoms with Gasteiger partial charge >= 0.3 is 12.0 Å². The largest absolute Gasteiger partial charge is 0.444 e. The van der Waals surface area contributed by atoms with E-state index in [0.29, 0.717) is 13.0 Å². The fraction of sp³-hybridized carbons (Fsp3) is 0.759. The van der Waals surface area contributed by atoms with Crippen LogP contribution in [-0.4, -0.2) is 71.4 Å². The summed E-state index contributed by atoms with van der Waals surface area (Å²) in [7, 11) is 0. The van der Waals surface area contributed by atoms with E-state index in [0.717, 1.165) is 6.42 Å². The highest BCUT2D eigenvalue weighted by molar-refractivity contribution is 6.38. The smallest absolute Gasteiger partial charge is 0.408 e. The number of piperidine rings is 1. The predicted octanol–water partition coefficient (Wildman–Crippen LogP) is 2.89. The van der Waals surface area contributed by atoms with Crippen molar-refractivity contribution in [3.05, 3.63) is 12.7 Å². The Balaban J connectivity index is 2.30. The van der Waals surface area contributed by atoms with Gasteiger partial charge in [-0.15, -0.1) is 6.58 Å². The highest BCUT2D eigenvalue weighted by Crippen LogP contribution is 2.65. The van der Waals surface area contributed by atoms with Gasteiger partial charge in [-0.05, 0) is 49.9 Å². The molecule has 1 saturated heterocycles. The second kappa shape index (κ2) is 12.7. The van der Waals surface area contributed by atoms with Crippen molar-refractivity contribution >= 4 is 29.6 Å². The van der Waals surface area contributed by atoms with Gasteiger partial charge in [0, 0.05) is 6.54 Å². The number of ketones is 1. The fourth-order valence-electron chi connectivity index (χ4n) is 5.36. The number of nitrogens with one attached hydrogen (secondary N) is 3. The van der Waals surface area contributed by atoms with E-state index in [2.05, 4.69) is 36.5 Å². The molecule has 0 aromatic rings. The van der Waals surface area contributed by atoms with Crippen molar-refractivity contribution in [2.75, 3.05) is 13.2 Å². The molecule has 0 bridgehead atoms. The molecule has 0 radical (unpaired) electrons. The van der Waals surface area contributed by atoms with Gasteiger partial charge in [0.15, 0.2) is 0 Å². The van der Waals surface area contributed by atoms with E-state index in [9.17, 15) is 24.0 Å². The van der Waals surface area contributed by atoms with Crippen LogP contribution in [0.15, 0.2) is 12.7 Å². The number of rotatable bonds is 12. The highest BCUT2D eigenvalue weighted by atomic mass is 16.6. The number of ether oxygens (including phenoxy) is 1. The second-order valence-electron chi connectivity index (χ2n) is 13.4. The van der Waals surface area contributed by atoms with Crippen molar-refractivity contribution in [2.45, 2.75) is 105 Å². The van der Waals surface area contributed by atoms with Gasteiger partial charge in [0.1, 0.15) is 17.7 Å². The van der Waals surface area contributed by atoms with Gasteiger partial charge in [0.05, 0.1) is 12.6 Å². The van der Waals surface area contributed by atoms with Crippen molar-refractivity contribution in [3.63, 3.8) is 0 Å². The summed E-state index contributed by atoms with van der Waals surface area (Å²) in [6, 6.07) is -2.88. The lowest BCUT2D eigenvalue weighted by Crippen LogP contribution is -2.60. The Labute approximate surface area is 238 Å². The molecule has 40 heavy (non-hydrogen) atoms. The average molecular weight is 565 g/mol. The summed E-state index contributed by atoms with van der Waals surface area (Å²) in [4.78, 5) is 72.1. The number of fused-ring (bicyclic) bond motifs is 1. The Morgan fingerprint density at radius 3 is 2.23 bits per heavy atom. The van der Waals surface area contributed by atoms with Gasteiger partial charge in [0.25, 0.3) is 0 Å². The van der Waals surface area contributed by atoms with Crippen molar-refractivity contribution in [3.8, 4) is 0 Å². The number of amides is 4. The van der Waals surface area contributed by atoms with Crippen molar-refractivity contribution in [1.82, 2.24) is 21.0 Å². The summed E-state index contributed by atoms with van der Waals surface area (Å²) < 4.78 is 5.40. The lowest BCUT2D eigenvalue weighted by atomic mass is 9.85. The third-order valence-electron chi connectivity index (χ3n) is 7.60. The van der Waals surface area contributed by atoms with Gasteiger partial charge in [-0.2, -0.15) is 0 Å². The molecule has 0 spiro atoms. The SMILES string of the molecule is C=CCONC(=O)C(=O)[C@H](CCCC)NC(=O)[C@@H]1[C@@H]2[C@H](CN1C(=O)[C@@H](NC(=O)OC(C)(C)C)C(C)(C)C)C2(C)C. The predicted molar refractivity (Wildman–Crippen MR) is 150 cm³/mol. The topological polar surface area (TPSA) is 143 Å². The number of carbonyl (C=O) groups excluding carboxylic acids is 5. The maximum Gasteiger partial charge on any atom is 0.408 e. The number of hydroxylamine groups is 1. The Morgan fingerprint density at radius 1 is 1.07 bits per heavy atom. The van der Waals surface area contributed by atoms with Gasteiger partial charge in [-0.25, -0.2) is 10.3 Å². The van der Waals surface area contributed by atoms with Crippen LogP contribution < -0.4 is 16.1 Å². The van der Waals surface area contributed by atoms with Crippen LogP contribution in [0.5, 0.6) is 0 Å². The maximum atomic E-state index is 14.0. The van der Waals surface area contributed by atoms with E-state index in [-0.39, 0.29) is 30.3 Å². The minimum atomic E-state index is -1.07. The summed E-state index contributed by atoms with van der Waals surface area (Å²) in [5.74, 6) is -2.71. The molecule has 2 aliphatic rings. The number of hydrogen-bond acceptors (Lipinski definition) is 7. The van der Waals surface area contributed by atoms with Crippen LogP contribution >= 0.6 is 0 Å². The van der Waals surface area contributed by atoms with Gasteiger partial charge < -0.3 is 20.3 Å². The summed E-state index contributed by atoms with van der Waals surface area (Å²) in [6.07, 6.45) is 2.32. The van der Waals surface area contributed by atoms with E-state index in [1.807, 2.05) is 27.7 Å². The van der Waals surface area contributed by atoms with Crippen molar-refractivity contribution in [1.29, 1.82) is 0 Å². The number of nitrogens with zero attached hydrogens (tertiary/aromatic N) is 1. The maximum absolute atomic E-state index is 14.0. The van der Waals surface area contributed by atoms with E-state index in [1.54, 1.807) is 20.8 Å². The highest BCUT2D eigenvalue weighted by Gasteiger charge is 2.70. The summed E-state index contributed by atoms with van der Waals surface area (Å²) >= 11 is 0. The number of unbranched alkanes of at least 4 members (excludes halogenated alkanes) is 1. The molecule has 2 rings (SSSR count). The summed E-state index contributed by atoms with van der Waals surface area (Å²) in [5, 5.41) is 5.48. The summed E-state index contributed by atoms with van der Waals surface area (Å²) in [5.41, 5.74) is 0.475. The average Bonchev–Trinajstić information content (AvgIpc) is 3.15. The molecule has 0 aromatic heterocycles. The molecule has 2 fully saturated rings. The standard InChI is InChI=1S/C29H48N4O7/c1-11-13-14-18(21(34)24(36)32-39-15-12-2)30-23(35)20-19-17(29(19,9)10)16-33(20)25(37)22(27(3,4)5)31-26(38)40-28(6,7)8/h12,17-20,22H,2,11,13-16H2,1,3-10H3,(H,30,35)(H,31,38)(H,32,36)/t17-,18-,19-,20-,22+/m0/s1. The number of hydrogen-bond donors (Lipinski definition) is 3. The molecule has 3 N–H and O–H groups in total. The lowest BCUT2D eigenvalue weighted by molar-refractivity contribution is -0.148. The van der Waals surface area contributed by atoms with Crippen LogP contribution in [0.3, 0.4) is 0 Å². The molecule has 11 nitrogen and oxygen atoms in total. The molecule has 5 atom stereocenters. The minimum Gasteiger partial charge on any atom is -0.444 e. The van der Waals surface area contributed by atoms with Gasteiger partial charge in [-0.1, -0.05) is 60.5 Å². The van der Waals surface area contributed by atoms with Crippen LogP contribution in [0.25, 0.3) is 0 Å². The minimum absolute atomic E-state index is 0.0224. The molecule has 1 heterocycles. The van der Waals surface area contributed by atoms with E-state index in [4.69, 9.17) is 9.57 Å². The molecule has 1 aliphatic heterocycles. The molecule has 4 amide bonds. The molecular formula is C29H48N4O7. The van der Waals surface area contributed by atoms with Crippen LogP contribution in [0.2, 0.25) is 0 Å². The van der Waals surface area contributed by atoms with E-state index >= 15 is 0 Å². The lowest BCUT2D eigenvalue weighted by Gasteiger charge is -2.38. The first-order valence-electron chi connectivity index (χ1n) is 14.0. The third kappa shape index (κ3) is 8.05. The molecule has 226 valence electrons. The number of likely N-dealkylation sites (tertiary alicyclic amines) is 1. The molecule has 1 saturated carbocycles. The molecule has 1 aliphatic carbocycles. The van der Waals surface area contributed by atoms with Crippen LogP contribution in [0.1, 0.15) is 81.6 Å². The number of carbonyl (C=O) groups is 5. The zero-order valence-corrected chi connectivity index (χ0v) is 25.5. The Hall–Kier alpha value is -2.95. The van der Waals surface area contributed by atoms with Crippen molar-refractivity contribution < 1.29 is 33.5 Å². The molecule has 0 unspecified atom stereocenters. The zero-order chi connectivity index (χ0) is 30.6. The first-order valence-corrected chi connectivity index (χ1v) is 14.0. The Bertz CT molecular complexity index is 995. The Kier molecular flexibility index (Phi) is 10.6. The normalized spacial score (nSPS) is 22.8. The van der Waals surface area contributed by atoms with Crippen LogP contribution in [0.4, 0.5) is 4.79 Å². The monoisotopic (exact) mass is 564 g/mol. The number of alkyl carbamates (subject to hydrolysis) is 1. The summed E-state index contributed by atoms with van der Waals surface area (Å²) in [6.45, 7) is 20.6. The fourth-order valence-corrected chi connectivity index (χ4v) is 5.36. The number of Topliss-reactive ketones (excluding diaryl/α,β-unsaturated/α-hetero) is 1. The molecule has 0 aromatic carbocycles. The molecule has 11 heteroatoms. The van der Waals surface area contributed by atoms with Crippen LogP contribution in [-0.2, 0) is 28.8 Å². The first-order chi connectivity index (χ1) is 18.4. The van der Waals surface area contributed by atoms with Gasteiger partial charge in [-0.3, -0.25) is 24.0 Å². The Morgan fingerprint density at radius 2 is 1.70 bits per heavy atom. The quantitative estimate of drug-likeness (QED) is 0.143. The second-order valence-corrected chi connectivity index (χ2v) is 13.4. The van der Waals surface area contributed by atoms with Gasteiger partial charge in [0.2, 0.25) is 17.6 Å². The zero-order valence-electron chi connectivity index (χ0n) is 25.5. The molecular weight excluding hydrogens is 516 g/mol. The van der Waals surface area contributed by atoms with E-state index < -0.39 is 58.7 Å². The van der Waals surface area contributed by atoms with Crippen molar-refractivity contribution in [2.24, 2.45) is 22.7 Å². The van der Waals surface area contributed by atoms with Crippen LogP contribution in [0, 0.1) is 22.7 Å².